The van der Waals surface area contributed by atoms with Gasteiger partial charge in [-0.3, -0.25) is 14.8 Å². The molecule has 0 saturated carbocycles. The molecule has 33 heavy (non-hydrogen) atoms. The van der Waals surface area contributed by atoms with E-state index in [9.17, 15) is 14.9 Å². The Morgan fingerprint density at radius 2 is 2.06 bits per heavy atom. The zero-order valence-electron chi connectivity index (χ0n) is 17.7. The van der Waals surface area contributed by atoms with Gasteiger partial charge in [-0.15, -0.1) is 11.3 Å². The van der Waals surface area contributed by atoms with E-state index < -0.39 is 0 Å². The summed E-state index contributed by atoms with van der Waals surface area (Å²) in [5.74, 6) is -0.333. The number of fused-ring (bicyclic) bond motifs is 1. The van der Waals surface area contributed by atoms with Crippen LogP contribution in [0.25, 0.3) is 6.08 Å². The number of ether oxygens (including phenoxy) is 1. The maximum Gasteiger partial charge on any atom is 0.410 e. The van der Waals surface area contributed by atoms with Crippen LogP contribution in [-0.2, 0) is 28.9 Å². The first kappa shape index (κ1) is 22.2. The monoisotopic (exact) mass is 459 g/mol. The van der Waals surface area contributed by atoms with Crippen molar-refractivity contribution in [1.82, 2.24) is 14.9 Å². The fourth-order valence-corrected chi connectivity index (χ4v) is 4.68. The molecule has 0 fully saturated rings. The summed E-state index contributed by atoms with van der Waals surface area (Å²) in [6.07, 6.45) is 10.6. The number of nitriles is 1. The lowest BCUT2D eigenvalue weighted by atomic mass is 10.0. The van der Waals surface area contributed by atoms with Crippen LogP contribution in [0, 0.1) is 11.3 Å². The first-order chi connectivity index (χ1) is 16.1. The number of carbonyl (C=O) groups is 2. The van der Waals surface area contributed by atoms with Crippen molar-refractivity contribution in [3.63, 3.8) is 0 Å². The fraction of sp³-hybridized carbons (Fsp3) is 0.208. The van der Waals surface area contributed by atoms with Crippen LogP contribution >= 0.6 is 11.3 Å². The Kier molecular flexibility index (Phi) is 7.07. The fourth-order valence-electron chi connectivity index (χ4n) is 3.46. The van der Waals surface area contributed by atoms with E-state index in [1.165, 1.54) is 17.4 Å². The van der Waals surface area contributed by atoms with E-state index in [0.29, 0.717) is 36.5 Å². The average Bonchev–Trinajstić information content (AvgIpc) is 3.20. The van der Waals surface area contributed by atoms with E-state index in [-0.39, 0.29) is 18.6 Å². The Hall–Kier alpha value is -4.03. The van der Waals surface area contributed by atoms with Gasteiger partial charge in [0.1, 0.15) is 11.1 Å². The zero-order valence-corrected chi connectivity index (χ0v) is 18.5. The molecule has 3 aromatic heterocycles. The highest BCUT2D eigenvalue weighted by Crippen LogP contribution is 2.36. The Balaban J connectivity index is 1.37. The highest BCUT2D eigenvalue weighted by Gasteiger charge is 2.28. The Bertz CT molecular complexity index is 1200. The molecule has 0 aromatic carbocycles. The number of amides is 2. The van der Waals surface area contributed by atoms with Gasteiger partial charge in [-0.25, -0.2) is 4.79 Å². The average molecular weight is 460 g/mol. The van der Waals surface area contributed by atoms with Gasteiger partial charge in [0.05, 0.1) is 18.7 Å². The third-order valence-corrected chi connectivity index (χ3v) is 6.25. The molecule has 1 aliphatic heterocycles. The van der Waals surface area contributed by atoms with Crippen LogP contribution < -0.4 is 5.32 Å². The number of hydrogen-bond donors (Lipinski definition) is 1. The molecule has 0 spiro atoms. The van der Waals surface area contributed by atoms with Crippen molar-refractivity contribution >= 4 is 34.4 Å². The Morgan fingerprint density at radius 1 is 1.24 bits per heavy atom. The molecular weight excluding hydrogens is 438 g/mol. The zero-order chi connectivity index (χ0) is 23.0. The van der Waals surface area contributed by atoms with Crippen molar-refractivity contribution in [3.8, 4) is 6.07 Å². The maximum absolute atomic E-state index is 12.5. The number of nitrogens with one attached hydrogen (secondary N) is 1. The number of nitrogens with zero attached hydrogens (tertiary/aromatic N) is 4. The van der Waals surface area contributed by atoms with Crippen molar-refractivity contribution in [2.75, 3.05) is 18.5 Å². The normalized spacial score (nSPS) is 12.8. The topological polar surface area (TPSA) is 108 Å². The Morgan fingerprint density at radius 3 is 2.79 bits per heavy atom. The summed E-state index contributed by atoms with van der Waals surface area (Å²) in [4.78, 5) is 35.4. The van der Waals surface area contributed by atoms with Gasteiger partial charge in [0.25, 0.3) is 0 Å². The molecule has 2 amide bonds. The van der Waals surface area contributed by atoms with E-state index in [1.807, 2.05) is 18.2 Å². The number of carbonyl (C=O) groups excluding carboxylic acids is 2. The second-order valence-electron chi connectivity index (χ2n) is 7.33. The SMILES string of the molecule is N#Cc1c(NC(=O)C=Cc2cccnc2)sc2c1CCN(C(=O)OCCc1cccnc1)C2. The summed E-state index contributed by atoms with van der Waals surface area (Å²) < 4.78 is 5.42. The highest BCUT2D eigenvalue weighted by atomic mass is 32.1. The molecule has 3 aromatic rings. The number of rotatable bonds is 6. The molecule has 0 unspecified atom stereocenters. The summed E-state index contributed by atoms with van der Waals surface area (Å²) in [6.45, 7) is 1.08. The molecule has 4 rings (SSSR count). The smallest absolute Gasteiger partial charge is 0.410 e. The van der Waals surface area contributed by atoms with Crippen LogP contribution in [0.3, 0.4) is 0 Å². The summed E-state index contributed by atoms with van der Waals surface area (Å²) >= 11 is 1.32. The Labute approximate surface area is 195 Å². The first-order valence-electron chi connectivity index (χ1n) is 10.4. The van der Waals surface area contributed by atoms with Gasteiger partial charge in [-0.1, -0.05) is 12.1 Å². The van der Waals surface area contributed by atoms with Crippen LogP contribution in [0.15, 0.2) is 55.1 Å². The lowest BCUT2D eigenvalue weighted by molar-refractivity contribution is -0.111. The third-order valence-electron chi connectivity index (χ3n) is 5.11. The molecule has 1 aliphatic rings. The predicted octanol–water partition coefficient (Wildman–Crippen LogP) is 3.80. The van der Waals surface area contributed by atoms with Gasteiger partial charge in [0, 0.05) is 48.7 Å². The largest absolute Gasteiger partial charge is 0.449 e. The number of pyridine rings is 2. The summed E-state index contributed by atoms with van der Waals surface area (Å²) in [7, 11) is 0. The maximum atomic E-state index is 12.5. The molecule has 0 radical (unpaired) electrons. The highest BCUT2D eigenvalue weighted by molar-refractivity contribution is 7.16. The molecule has 0 atom stereocenters. The number of hydrogen-bond acceptors (Lipinski definition) is 7. The van der Waals surface area contributed by atoms with Crippen LogP contribution in [0.2, 0.25) is 0 Å². The van der Waals surface area contributed by atoms with Crippen molar-refractivity contribution in [1.29, 1.82) is 5.26 Å². The number of thiophene rings is 1. The minimum absolute atomic E-state index is 0.270. The van der Waals surface area contributed by atoms with Crippen molar-refractivity contribution in [2.24, 2.45) is 0 Å². The predicted molar refractivity (Wildman–Crippen MR) is 124 cm³/mol. The quantitative estimate of drug-likeness (QED) is 0.562. The second-order valence-corrected chi connectivity index (χ2v) is 8.43. The molecule has 166 valence electrons. The summed E-state index contributed by atoms with van der Waals surface area (Å²) in [5.41, 5.74) is 3.15. The first-order valence-corrected chi connectivity index (χ1v) is 11.2. The number of anilines is 1. The van der Waals surface area contributed by atoms with E-state index in [1.54, 1.807) is 41.8 Å². The van der Waals surface area contributed by atoms with Crippen LogP contribution in [0.4, 0.5) is 9.80 Å². The molecule has 0 aliphatic carbocycles. The minimum Gasteiger partial charge on any atom is -0.449 e. The van der Waals surface area contributed by atoms with E-state index in [4.69, 9.17) is 4.74 Å². The molecular formula is C24H21N5O3S. The molecule has 0 bridgehead atoms. The van der Waals surface area contributed by atoms with Crippen molar-refractivity contribution in [2.45, 2.75) is 19.4 Å². The van der Waals surface area contributed by atoms with Gasteiger partial charge in [0.2, 0.25) is 5.91 Å². The molecule has 8 nitrogen and oxygen atoms in total. The lowest BCUT2D eigenvalue weighted by Gasteiger charge is -2.26. The minimum atomic E-state index is -0.388. The number of aromatic nitrogens is 2. The van der Waals surface area contributed by atoms with Gasteiger partial charge >= 0.3 is 6.09 Å². The second kappa shape index (κ2) is 10.5. The summed E-state index contributed by atoms with van der Waals surface area (Å²) in [6, 6.07) is 9.61. The van der Waals surface area contributed by atoms with Crippen LogP contribution in [0.5, 0.6) is 0 Å². The van der Waals surface area contributed by atoms with Gasteiger partial charge in [0.15, 0.2) is 0 Å². The van der Waals surface area contributed by atoms with Crippen molar-refractivity contribution in [3.05, 3.63) is 82.3 Å². The van der Waals surface area contributed by atoms with Gasteiger partial charge in [-0.05, 0) is 41.3 Å². The van der Waals surface area contributed by atoms with E-state index in [0.717, 1.165) is 21.6 Å². The third kappa shape index (κ3) is 5.61. The van der Waals surface area contributed by atoms with Crippen molar-refractivity contribution < 1.29 is 14.3 Å². The molecule has 0 saturated heterocycles. The lowest BCUT2D eigenvalue weighted by Crippen LogP contribution is -2.36. The van der Waals surface area contributed by atoms with Gasteiger partial charge < -0.3 is 15.0 Å². The van der Waals surface area contributed by atoms with E-state index >= 15 is 0 Å². The van der Waals surface area contributed by atoms with Gasteiger partial charge in [-0.2, -0.15) is 5.26 Å². The standard InChI is InChI=1S/C24H21N5O3S/c25-13-20-19-7-11-29(24(31)32-12-8-18-4-2-10-27-15-18)16-21(19)33-23(20)28-22(30)6-5-17-3-1-9-26-14-17/h1-6,9-10,14-15H,7-8,11-12,16H2,(H,28,30). The van der Waals surface area contributed by atoms with E-state index in [2.05, 4.69) is 21.4 Å². The van der Waals surface area contributed by atoms with Crippen LogP contribution in [-0.4, -0.2) is 40.0 Å². The van der Waals surface area contributed by atoms with Crippen LogP contribution in [0.1, 0.15) is 27.1 Å². The molecule has 9 heteroatoms. The summed E-state index contributed by atoms with van der Waals surface area (Å²) in [5, 5.41) is 12.9. The molecule has 1 N–H and O–H groups in total. The molecule has 4 heterocycles.